The molecule has 0 radical (unpaired) electrons. The molecule has 3 heteroatoms. The van der Waals surface area contributed by atoms with Crippen LogP contribution in [0.2, 0.25) is 0 Å². The predicted molar refractivity (Wildman–Crippen MR) is 68.7 cm³/mol. The smallest absolute Gasteiger partial charge is 0.0589 e. The third-order valence-electron chi connectivity index (χ3n) is 3.60. The molecule has 0 saturated carbocycles. The molecule has 1 aliphatic rings. The van der Waals surface area contributed by atoms with Crippen LogP contribution in [0.5, 0.6) is 0 Å². The first-order valence-electron chi connectivity index (χ1n) is 6.68. The van der Waals surface area contributed by atoms with Gasteiger partial charge in [0.1, 0.15) is 0 Å². The van der Waals surface area contributed by atoms with Gasteiger partial charge < -0.3 is 15.0 Å². The molecule has 1 heterocycles. The molecule has 1 aliphatic heterocycles. The highest BCUT2D eigenvalue weighted by molar-refractivity contribution is 4.77. The van der Waals surface area contributed by atoms with Crippen LogP contribution in [0, 0.1) is 11.8 Å². The van der Waals surface area contributed by atoms with Crippen molar-refractivity contribution >= 4 is 0 Å². The van der Waals surface area contributed by atoms with E-state index in [1.54, 1.807) is 7.11 Å². The average molecular weight is 228 g/mol. The molecule has 0 spiro atoms. The summed E-state index contributed by atoms with van der Waals surface area (Å²) in [7, 11) is 1.78. The largest absolute Gasteiger partial charge is 0.383 e. The van der Waals surface area contributed by atoms with Gasteiger partial charge in [-0.05, 0) is 37.9 Å². The van der Waals surface area contributed by atoms with Gasteiger partial charge in [0.25, 0.3) is 0 Å². The van der Waals surface area contributed by atoms with Crippen molar-refractivity contribution in [3.05, 3.63) is 0 Å². The molecular formula is C13H28N2O. The summed E-state index contributed by atoms with van der Waals surface area (Å²) in [6.07, 6.45) is 2.62. The Kier molecular flexibility index (Phi) is 7.01. The molecule has 1 saturated heterocycles. The molecule has 2 unspecified atom stereocenters. The van der Waals surface area contributed by atoms with Crippen LogP contribution in [-0.2, 0) is 4.74 Å². The first kappa shape index (κ1) is 13.9. The van der Waals surface area contributed by atoms with E-state index in [1.165, 1.54) is 39.0 Å². The summed E-state index contributed by atoms with van der Waals surface area (Å²) in [6.45, 7) is 11.4. The lowest BCUT2D eigenvalue weighted by Crippen LogP contribution is -2.30. The summed E-state index contributed by atoms with van der Waals surface area (Å²) in [5, 5.41) is 3.60. The molecule has 96 valence electrons. The van der Waals surface area contributed by atoms with Gasteiger partial charge in [0, 0.05) is 20.2 Å². The molecule has 3 nitrogen and oxygen atoms in total. The molecule has 1 N–H and O–H groups in total. The fourth-order valence-corrected chi connectivity index (χ4v) is 2.18. The Balaban J connectivity index is 2.03. The summed E-state index contributed by atoms with van der Waals surface area (Å²) in [5.74, 6) is 1.66. The Morgan fingerprint density at radius 2 is 2.31 bits per heavy atom. The van der Waals surface area contributed by atoms with E-state index in [9.17, 15) is 0 Å². The first-order valence-corrected chi connectivity index (χ1v) is 6.68. The molecule has 1 rings (SSSR count). The van der Waals surface area contributed by atoms with Crippen molar-refractivity contribution in [3.63, 3.8) is 0 Å². The van der Waals surface area contributed by atoms with Crippen molar-refractivity contribution in [1.29, 1.82) is 0 Å². The van der Waals surface area contributed by atoms with Crippen LogP contribution in [0.15, 0.2) is 0 Å². The molecular weight excluding hydrogens is 200 g/mol. The second kappa shape index (κ2) is 8.04. The minimum absolute atomic E-state index is 0.811. The lowest BCUT2D eigenvalue weighted by Gasteiger charge is -2.16. The second-order valence-corrected chi connectivity index (χ2v) is 5.12. The highest BCUT2D eigenvalue weighted by Gasteiger charge is 2.21. The van der Waals surface area contributed by atoms with Crippen LogP contribution in [-0.4, -0.2) is 51.3 Å². The highest BCUT2D eigenvalue weighted by atomic mass is 16.5. The molecule has 2 atom stereocenters. The van der Waals surface area contributed by atoms with E-state index >= 15 is 0 Å². The Bertz CT molecular complexity index is 175. The normalized spacial score (nSPS) is 23.8. The zero-order valence-electron chi connectivity index (χ0n) is 11.2. The first-order chi connectivity index (χ1) is 7.76. The summed E-state index contributed by atoms with van der Waals surface area (Å²) in [6, 6.07) is 0. The van der Waals surface area contributed by atoms with E-state index in [2.05, 4.69) is 24.1 Å². The Morgan fingerprint density at radius 3 is 3.00 bits per heavy atom. The minimum Gasteiger partial charge on any atom is -0.383 e. The SMILES string of the molecule is CCC(C)CNCC1CCN(CCOC)C1. The standard InChI is InChI=1S/C13H28N2O/c1-4-12(2)9-14-10-13-5-6-15(11-13)7-8-16-3/h12-14H,4-11H2,1-3H3. The van der Waals surface area contributed by atoms with Gasteiger partial charge in [0.05, 0.1) is 6.61 Å². The lowest BCUT2D eigenvalue weighted by molar-refractivity contribution is 0.159. The summed E-state index contributed by atoms with van der Waals surface area (Å²) in [5.41, 5.74) is 0. The van der Waals surface area contributed by atoms with Gasteiger partial charge in [-0.25, -0.2) is 0 Å². The van der Waals surface area contributed by atoms with Gasteiger partial charge in [0.15, 0.2) is 0 Å². The monoisotopic (exact) mass is 228 g/mol. The average Bonchev–Trinajstić information content (AvgIpc) is 2.74. The van der Waals surface area contributed by atoms with E-state index < -0.39 is 0 Å². The maximum absolute atomic E-state index is 5.11. The molecule has 0 aromatic carbocycles. The van der Waals surface area contributed by atoms with Crippen LogP contribution >= 0.6 is 0 Å². The molecule has 16 heavy (non-hydrogen) atoms. The van der Waals surface area contributed by atoms with Crippen LogP contribution in [0.1, 0.15) is 26.7 Å². The van der Waals surface area contributed by atoms with E-state index in [1.807, 2.05) is 0 Å². The van der Waals surface area contributed by atoms with Crippen molar-refractivity contribution in [2.24, 2.45) is 11.8 Å². The van der Waals surface area contributed by atoms with Gasteiger partial charge >= 0.3 is 0 Å². The third kappa shape index (κ3) is 5.28. The third-order valence-corrected chi connectivity index (χ3v) is 3.60. The van der Waals surface area contributed by atoms with E-state index in [4.69, 9.17) is 4.74 Å². The number of methoxy groups -OCH3 is 1. The van der Waals surface area contributed by atoms with Gasteiger partial charge in [-0.1, -0.05) is 20.3 Å². The van der Waals surface area contributed by atoms with Crippen molar-refractivity contribution in [3.8, 4) is 0 Å². The van der Waals surface area contributed by atoms with E-state index in [0.717, 1.165) is 25.0 Å². The van der Waals surface area contributed by atoms with Crippen LogP contribution in [0.3, 0.4) is 0 Å². The van der Waals surface area contributed by atoms with Crippen molar-refractivity contribution < 1.29 is 4.74 Å². The maximum Gasteiger partial charge on any atom is 0.0589 e. The van der Waals surface area contributed by atoms with Crippen molar-refractivity contribution in [2.45, 2.75) is 26.7 Å². The lowest BCUT2D eigenvalue weighted by atomic mass is 10.1. The summed E-state index contributed by atoms with van der Waals surface area (Å²) >= 11 is 0. The quantitative estimate of drug-likeness (QED) is 0.683. The molecule has 0 bridgehead atoms. The zero-order chi connectivity index (χ0) is 11.8. The van der Waals surface area contributed by atoms with Crippen LogP contribution in [0.25, 0.3) is 0 Å². The molecule has 0 aliphatic carbocycles. The predicted octanol–water partition coefficient (Wildman–Crippen LogP) is 1.59. The summed E-state index contributed by atoms with van der Waals surface area (Å²) < 4.78 is 5.11. The highest BCUT2D eigenvalue weighted by Crippen LogP contribution is 2.14. The number of ether oxygens (including phenoxy) is 1. The number of likely N-dealkylation sites (tertiary alicyclic amines) is 1. The maximum atomic E-state index is 5.11. The number of hydrogen-bond acceptors (Lipinski definition) is 3. The van der Waals surface area contributed by atoms with E-state index in [-0.39, 0.29) is 0 Å². The van der Waals surface area contributed by atoms with E-state index in [0.29, 0.717) is 0 Å². The van der Waals surface area contributed by atoms with Gasteiger partial charge in [-0.3, -0.25) is 0 Å². The van der Waals surface area contributed by atoms with Crippen molar-refractivity contribution in [1.82, 2.24) is 10.2 Å². The van der Waals surface area contributed by atoms with Crippen molar-refractivity contribution in [2.75, 3.05) is 46.4 Å². The van der Waals surface area contributed by atoms with Gasteiger partial charge in [-0.2, -0.15) is 0 Å². The Labute approximate surface area is 101 Å². The topological polar surface area (TPSA) is 24.5 Å². The molecule has 0 amide bonds. The number of nitrogens with one attached hydrogen (secondary N) is 1. The number of rotatable bonds is 8. The molecule has 0 aromatic heterocycles. The molecule has 1 fully saturated rings. The van der Waals surface area contributed by atoms with Crippen LogP contribution in [0.4, 0.5) is 0 Å². The molecule has 0 aromatic rings. The minimum atomic E-state index is 0.811. The van der Waals surface area contributed by atoms with Crippen LogP contribution < -0.4 is 5.32 Å². The number of nitrogens with zero attached hydrogens (tertiary/aromatic N) is 1. The second-order valence-electron chi connectivity index (χ2n) is 5.12. The van der Waals surface area contributed by atoms with Gasteiger partial charge in [-0.15, -0.1) is 0 Å². The zero-order valence-corrected chi connectivity index (χ0v) is 11.2. The fraction of sp³-hybridized carbons (Fsp3) is 1.00. The number of hydrogen-bond donors (Lipinski definition) is 1. The van der Waals surface area contributed by atoms with Gasteiger partial charge in [0.2, 0.25) is 0 Å². The summed E-state index contributed by atoms with van der Waals surface area (Å²) in [4.78, 5) is 2.51. The fourth-order valence-electron chi connectivity index (χ4n) is 2.18. The Morgan fingerprint density at radius 1 is 1.50 bits per heavy atom. The Hall–Kier alpha value is -0.120.